The van der Waals surface area contributed by atoms with Crippen LogP contribution in [0, 0.1) is 10.1 Å². The first-order chi connectivity index (χ1) is 13.0. The molecule has 1 amide bonds. The molecule has 0 saturated carbocycles. The molecule has 7 heteroatoms. The molecule has 27 heavy (non-hydrogen) atoms. The smallest absolute Gasteiger partial charge is 0.270 e. The van der Waals surface area contributed by atoms with E-state index in [1.54, 1.807) is 24.3 Å². The highest BCUT2D eigenvalue weighted by Crippen LogP contribution is 2.24. The van der Waals surface area contributed by atoms with Crippen LogP contribution < -0.4 is 10.1 Å². The third-order valence-electron chi connectivity index (χ3n) is 3.77. The lowest BCUT2D eigenvalue weighted by Crippen LogP contribution is -2.12. The van der Waals surface area contributed by atoms with Crippen molar-refractivity contribution in [1.82, 2.24) is 0 Å². The van der Waals surface area contributed by atoms with Crippen LogP contribution in [0.25, 0.3) is 0 Å². The van der Waals surface area contributed by atoms with Gasteiger partial charge in [0.15, 0.2) is 0 Å². The number of hydrogen-bond acceptors (Lipinski definition) is 4. The van der Waals surface area contributed by atoms with Crippen LogP contribution in [0.3, 0.4) is 0 Å². The van der Waals surface area contributed by atoms with E-state index in [1.165, 1.54) is 12.1 Å². The highest BCUT2D eigenvalue weighted by molar-refractivity contribution is 6.34. The summed E-state index contributed by atoms with van der Waals surface area (Å²) in [6, 6.07) is 20.4. The molecule has 3 aromatic carbocycles. The number of nitro groups is 1. The molecular weight excluding hydrogens is 368 g/mol. The number of hydrogen-bond donors (Lipinski definition) is 1. The molecule has 0 radical (unpaired) electrons. The first kappa shape index (κ1) is 18.4. The van der Waals surface area contributed by atoms with E-state index in [0.29, 0.717) is 18.0 Å². The van der Waals surface area contributed by atoms with E-state index in [9.17, 15) is 14.9 Å². The predicted molar refractivity (Wildman–Crippen MR) is 103 cm³/mol. The van der Waals surface area contributed by atoms with Gasteiger partial charge in [-0.2, -0.15) is 0 Å². The minimum Gasteiger partial charge on any atom is -0.489 e. The average Bonchev–Trinajstić information content (AvgIpc) is 2.68. The van der Waals surface area contributed by atoms with Crippen molar-refractivity contribution in [2.24, 2.45) is 0 Å². The molecule has 0 bridgehead atoms. The minimum atomic E-state index is -0.568. The maximum absolute atomic E-state index is 12.3. The summed E-state index contributed by atoms with van der Waals surface area (Å²) in [5, 5.41) is 13.5. The number of halogens is 1. The highest BCUT2D eigenvalue weighted by atomic mass is 35.5. The van der Waals surface area contributed by atoms with Crippen LogP contribution in [0.2, 0.25) is 5.02 Å². The largest absolute Gasteiger partial charge is 0.489 e. The first-order valence-electron chi connectivity index (χ1n) is 8.05. The maximum atomic E-state index is 12.3. The molecule has 3 aromatic rings. The molecule has 6 nitrogen and oxygen atoms in total. The summed E-state index contributed by atoms with van der Waals surface area (Å²) in [7, 11) is 0. The number of carbonyl (C=O) groups excluding carboxylic acids is 1. The van der Waals surface area contributed by atoms with E-state index in [0.717, 1.165) is 11.6 Å². The average molecular weight is 383 g/mol. The van der Waals surface area contributed by atoms with E-state index in [-0.39, 0.29) is 16.3 Å². The zero-order valence-corrected chi connectivity index (χ0v) is 14.8. The Morgan fingerprint density at radius 3 is 2.37 bits per heavy atom. The van der Waals surface area contributed by atoms with Crippen LogP contribution in [0.5, 0.6) is 5.75 Å². The fraction of sp³-hybridized carbons (Fsp3) is 0.0500. The maximum Gasteiger partial charge on any atom is 0.270 e. The number of amides is 1. The Morgan fingerprint density at radius 1 is 1.04 bits per heavy atom. The lowest BCUT2D eigenvalue weighted by molar-refractivity contribution is -0.384. The van der Waals surface area contributed by atoms with Gasteiger partial charge in [-0.15, -0.1) is 0 Å². The topological polar surface area (TPSA) is 81.5 Å². The number of nitrogens with one attached hydrogen (secondary N) is 1. The van der Waals surface area contributed by atoms with Gasteiger partial charge in [0.2, 0.25) is 0 Å². The first-order valence-corrected chi connectivity index (χ1v) is 8.43. The molecule has 0 unspecified atom stereocenters. The number of non-ortho nitro benzene ring substituents is 1. The van der Waals surface area contributed by atoms with Gasteiger partial charge in [0.25, 0.3) is 11.6 Å². The van der Waals surface area contributed by atoms with E-state index in [1.807, 2.05) is 30.3 Å². The van der Waals surface area contributed by atoms with Crippen molar-refractivity contribution in [2.75, 3.05) is 5.32 Å². The molecule has 0 fully saturated rings. The van der Waals surface area contributed by atoms with Crippen molar-refractivity contribution in [1.29, 1.82) is 0 Å². The molecule has 0 spiro atoms. The van der Waals surface area contributed by atoms with Crippen LogP contribution in [-0.2, 0) is 6.61 Å². The summed E-state index contributed by atoms with van der Waals surface area (Å²) >= 11 is 5.97. The molecule has 136 valence electrons. The van der Waals surface area contributed by atoms with Gasteiger partial charge in [-0.3, -0.25) is 14.9 Å². The fourth-order valence-corrected chi connectivity index (χ4v) is 2.64. The van der Waals surface area contributed by atoms with Crippen LogP contribution in [-0.4, -0.2) is 10.8 Å². The minimum absolute atomic E-state index is 0.0181. The summed E-state index contributed by atoms with van der Waals surface area (Å²) in [6.45, 7) is 0.449. The van der Waals surface area contributed by atoms with E-state index >= 15 is 0 Å². The van der Waals surface area contributed by atoms with Crippen molar-refractivity contribution in [2.45, 2.75) is 6.61 Å². The second-order valence-electron chi connectivity index (χ2n) is 5.67. The summed E-state index contributed by atoms with van der Waals surface area (Å²) < 4.78 is 5.69. The van der Waals surface area contributed by atoms with Gasteiger partial charge in [-0.25, -0.2) is 0 Å². The highest BCUT2D eigenvalue weighted by Gasteiger charge is 2.15. The number of benzene rings is 3. The Balaban J connectivity index is 1.62. The van der Waals surface area contributed by atoms with Crippen LogP contribution in [0.4, 0.5) is 11.4 Å². The summed E-state index contributed by atoms with van der Waals surface area (Å²) in [4.78, 5) is 22.5. The molecule has 3 rings (SSSR count). The van der Waals surface area contributed by atoms with Gasteiger partial charge in [0.05, 0.1) is 15.5 Å². The molecular formula is C20H15ClN2O4. The molecule has 0 aliphatic heterocycles. The number of ether oxygens (including phenoxy) is 1. The molecule has 0 aromatic heterocycles. The van der Waals surface area contributed by atoms with E-state index in [2.05, 4.69) is 5.32 Å². The molecule has 1 N–H and O–H groups in total. The molecule has 0 heterocycles. The summed E-state index contributed by atoms with van der Waals surface area (Å²) in [5.41, 5.74) is 1.60. The van der Waals surface area contributed by atoms with Crippen molar-refractivity contribution in [3.05, 3.63) is 99.1 Å². The summed E-state index contributed by atoms with van der Waals surface area (Å²) in [5.74, 6) is 0.220. The second-order valence-corrected chi connectivity index (χ2v) is 6.08. The number of carbonyl (C=O) groups is 1. The van der Waals surface area contributed by atoms with Gasteiger partial charge < -0.3 is 10.1 Å². The van der Waals surface area contributed by atoms with Gasteiger partial charge in [0.1, 0.15) is 12.4 Å². The van der Waals surface area contributed by atoms with Crippen molar-refractivity contribution in [3.63, 3.8) is 0 Å². The normalized spacial score (nSPS) is 10.3. The molecule has 0 saturated heterocycles. The quantitative estimate of drug-likeness (QED) is 0.476. The predicted octanol–water partition coefficient (Wildman–Crippen LogP) is 5.08. The third kappa shape index (κ3) is 4.83. The van der Waals surface area contributed by atoms with Gasteiger partial charge in [0, 0.05) is 17.8 Å². The number of nitro benzene ring substituents is 1. The van der Waals surface area contributed by atoms with Gasteiger partial charge in [-0.05, 0) is 35.9 Å². The van der Waals surface area contributed by atoms with Crippen LogP contribution in [0.1, 0.15) is 15.9 Å². The third-order valence-corrected chi connectivity index (χ3v) is 4.08. The zero-order valence-electron chi connectivity index (χ0n) is 14.1. The molecule has 0 aliphatic rings. The van der Waals surface area contributed by atoms with Gasteiger partial charge in [-0.1, -0.05) is 41.9 Å². The lowest BCUT2D eigenvalue weighted by Gasteiger charge is -2.09. The molecule has 0 aliphatic carbocycles. The lowest BCUT2D eigenvalue weighted by atomic mass is 10.2. The van der Waals surface area contributed by atoms with E-state index < -0.39 is 10.8 Å². The SMILES string of the molecule is O=C(Nc1ccc(OCc2ccccc2)cc1)c1ccc([N+](=O)[O-])cc1Cl. The summed E-state index contributed by atoms with van der Waals surface area (Å²) in [6.07, 6.45) is 0. The number of anilines is 1. The Labute approximate surface area is 160 Å². The van der Waals surface area contributed by atoms with E-state index in [4.69, 9.17) is 16.3 Å². The Kier molecular flexibility index (Phi) is 5.68. The Morgan fingerprint density at radius 2 is 1.74 bits per heavy atom. The fourth-order valence-electron chi connectivity index (χ4n) is 2.38. The Hall–Kier alpha value is -3.38. The Bertz CT molecular complexity index is 959. The van der Waals surface area contributed by atoms with Crippen LogP contribution >= 0.6 is 11.6 Å². The number of rotatable bonds is 6. The van der Waals surface area contributed by atoms with Crippen molar-refractivity contribution < 1.29 is 14.5 Å². The molecule has 0 atom stereocenters. The van der Waals surface area contributed by atoms with Crippen molar-refractivity contribution >= 4 is 28.9 Å². The standard InChI is InChI=1S/C20H15ClN2O4/c21-19-12-16(23(25)26)8-11-18(19)20(24)22-15-6-9-17(10-7-15)27-13-14-4-2-1-3-5-14/h1-12H,13H2,(H,22,24). The number of nitrogens with zero attached hydrogens (tertiary/aromatic N) is 1. The van der Waals surface area contributed by atoms with Crippen LogP contribution in [0.15, 0.2) is 72.8 Å². The second kappa shape index (κ2) is 8.33. The van der Waals surface area contributed by atoms with Crippen molar-refractivity contribution in [3.8, 4) is 5.75 Å². The zero-order chi connectivity index (χ0) is 19.2. The van der Waals surface area contributed by atoms with Gasteiger partial charge >= 0.3 is 0 Å². The monoisotopic (exact) mass is 382 g/mol.